The number of nitrogens with zero attached hydrogens (tertiary/aromatic N) is 4. The molecule has 0 fully saturated rings. The maximum Gasteiger partial charge on any atom is 0.279 e. The van der Waals surface area contributed by atoms with E-state index in [9.17, 15) is 4.79 Å². The molecule has 0 saturated heterocycles. The smallest absolute Gasteiger partial charge is 0.279 e. The van der Waals surface area contributed by atoms with Crippen molar-refractivity contribution in [2.45, 2.75) is 45.4 Å². The maximum absolute atomic E-state index is 12.8. The van der Waals surface area contributed by atoms with Crippen LogP contribution in [0.4, 0.5) is 5.13 Å². The van der Waals surface area contributed by atoms with Gasteiger partial charge >= 0.3 is 0 Å². The van der Waals surface area contributed by atoms with E-state index in [1.54, 1.807) is 23.1 Å². The van der Waals surface area contributed by atoms with Crippen LogP contribution in [0, 0.1) is 6.92 Å². The van der Waals surface area contributed by atoms with Crippen LogP contribution in [0.5, 0.6) is 5.75 Å². The molecule has 1 N–H and O–H groups in total. The van der Waals surface area contributed by atoms with Crippen molar-refractivity contribution in [2.24, 2.45) is 0 Å². The van der Waals surface area contributed by atoms with Gasteiger partial charge in [-0.05, 0) is 44.7 Å². The number of carbonyl (C=O) groups is 1. The minimum atomic E-state index is -0.284. The van der Waals surface area contributed by atoms with Crippen LogP contribution in [0.2, 0.25) is 0 Å². The average molecular weight is 398 g/mol. The predicted octanol–water partition coefficient (Wildman–Crippen LogP) is 3.95. The first-order valence-corrected chi connectivity index (χ1v) is 10.3. The third-order valence-electron chi connectivity index (χ3n) is 4.97. The number of rotatable bonds is 4. The lowest BCUT2D eigenvalue weighted by molar-refractivity contribution is 0.102. The number of hydrogen-bond donors (Lipinski definition) is 1. The fraction of sp³-hybridized carbons (Fsp3) is 0.400. The van der Waals surface area contributed by atoms with E-state index in [4.69, 9.17) is 4.74 Å². The zero-order valence-corrected chi connectivity index (χ0v) is 16.9. The van der Waals surface area contributed by atoms with Crippen molar-refractivity contribution < 1.29 is 9.53 Å². The zero-order valence-electron chi connectivity index (χ0n) is 16.1. The van der Waals surface area contributed by atoms with Crippen LogP contribution in [0.3, 0.4) is 0 Å². The Morgan fingerprint density at radius 2 is 2.04 bits per heavy atom. The van der Waals surface area contributed by atoms with Crippen molar-refractivity contribution in [1.82, 2.24) is 20.0 Å². The van der Waals surface area contributed by atoms with E-state index in [1.165, 1.54) is 24.1 Å². The highest BCUT2D eigenvalue weighted by Gasteiger charge is 2.20. The summed E-state index contributed by atoms with van der Waals surface area (Å²) in [5, 5.41) is 11.8. The van der Waals surface area contributed by atoms with Gasteiger partial charge in [0, 0.05) is 10.9 Å². The van der Waals surface area contributed by atoms with Crippen LogP contribution in [-0.2, 0) is 12.8 Å². The molecule has 0 bridgehead atoms. The Bertz CT molecular complexity index is 969. The van der Waals surface area contributed by atoms with Crippen molar-refractivity contribution in [3.8, 4) is 11.4 Å². The highest BCUT2D eigenvalue weighted by molar-refractivity contribution is 7.15. The molecule has 0 unspecified atom stereocenters. The summed E-state index contributed by atoms with van der Waals surface area (Å²) in [4.78, 5) is 18.7. The lowest BCUT2D eigenvalue weighted by Gasteiger charge is -2.06. The van der Waals surface area contributed by atoms with Gasteiger partial charge in [-0.15, -0.1) is 16.4 Å². The van der Waals surface area contributed by atoms with Gasteiger partial charge in [-0.1, -0.05) is 24.1 Å². The second-order valence-electron chi connectivity index (χ2n) is 6.89. The molecule has 4 rings (SSSR count). The Labute approximate surface area is 167 Å². The summed E-state index contributed by atoms with van der Waals surface area (Å²) in [6.45, 7) is 1.83. The van der Waals surface area contributed by atoms with Crippen LogP contribution >= 0.6 is 11.3 Å². The van der Waals surface area contributed by atoms with Gasteiger partial charge in [0.1, 0.15) is 5.75 Å². The number of nitrogens with one attached hydrogen (secondary N) is 1. The summed E-state index contributed by atoms with van der Waals surface area (Å²) in [6.07, 6.45) is 6.92. The van der Waals surface area contributed by atoms with Gasteiger partial charge < -0.3 is 4.74 Å². The summed E-state index contributed by atoms with van der Waals surface area (Å²) < 4.78 is 6.90. The molecule has 146 valence electrons. The standard InChI is InChI=1S/C20H23N5O2S/c1-13-18(23-24-25(13)14-8-7-9-15(12-14)27-2)19(26)22-20-21-16-10-5-3-4-6-11-17(16)28-20/h7-9,12H,3-6,10-11H2,1-2H3,(H,21,22,26). The van der Waals surface area contributed by atoms with E-state index in [1.807, 2.05) is 31.2 Å². The van der Waals surface area contributed by atoms with Gasteiger partial charge in [-0.25, -0.2) is 9.67 Å². The third-order valence-corrected chi connectivity index (χ3v) is 6.05. The zero-order chi connectivity index (χ0) is 19.5. The van der Waals surface area contributed by atoms with Crippen LogP contribution in [0.25, 0.3) is 5.69 Å². The second-order valence-corrected chi connectivity index (χ2v) is 7.98. The topological polar surface area (TPSA) is 81.9 Å². The molecule has 1 aliphatic carbocycles. The first-order chi connectivity index (χ1) is 13.7. The number of ether oxygens (including phenoxy) is 1. The van der Waals surface area contributed by atoms with Gasteiger partial charge in [0.25, 0.3) is 5.91 Å². The van der Waals surface area contributed by atoms with Crippen molar-refractivity contribution >= 4 is 22.4 Å². The lowest BCUT2D eigenvalue weighted by Crippen LogP contribution is -2.14. The molecule has 1 aromatic carbocycles. The van der Waals surface area contributed by atoms with Crippen LogP contribution in [0.1, 0.15) is 52.4 Å². The fourth-order valence-electron chi connectivity index (χ4n) is 3.44. The molecule has 7 nitrogen and oxygen atoms in total. The number of fused-ring (bicyclic) bond motifs is 1. The van der Waals surface area contributed by atoms with Gasteiger partial charge in [0.2, 0.25) is 0 Å². The van der Waals surface area contributed by atoms with Crippen molar-refractivity contribution in [3.63, 3.8) is 0 Å². The van der Waals surface area contributed by atoms with Crippen molar-refractivity contribution in [1.29, 1.82) is 0 Å². The first kappa shape index (κ1) is 18.6. The summed E-state index contributed by atoms with van der Waals surface area (Å²) in [5.41, 5.74) is 2.89. The van der Waals surface area contributed by atoms with E-state index in [-0.39, 0.29) is 5.91 Å². The second kappa shape index (κ2) is 8.10. The van der Waals surface area contributed by atoms with Crippen LogP contribution in [0.15, 0.2) is 24.3 Å². The molecule has 1 aliphatic rings. The first-order valence-electron chi connectivity index (χ1n) is 9.52. The number of aromatic nitrogens is 4. The number of hydrogen-bond acceptors (Lipinski definition) is 6. The number of benzene rings is 1. The Morgan fingerprint density at radius 1 is 1.21 bits per heavy atom. The molecule has 1 amide bonds. The summed E-state index contributed by atoms with van der Waals surface area (Å²) in [5.74, 6) is 0.437. The van der Waals surface area contributed by atoms with E-state index in [0.29, 0.717) is 16.5 Å². The highest BCUT2D eigenvalue weighted by Crippen LogP contribution is 2.29. The summed E-state index contributed by atoms with van der Waals surface area (Å²) >= 11 is 1.58. The molecule has 8 heteroatoms. The minimum Gasteiger partial charge on any atom is -0.497 e. The molecule has 0 atom stereocenters. The predicted molar refractivity (Wildman–Crippen MR) is 109 cm³/mol. The monoisotopic (exact) mass is 397 g/mol. The highest BCUT2D eigenvalue weighted by atomic mass is 32.1. The molecule has 2 heterocycles. The van der Waals surface area contributed by atoms with Crippen molar-refractivity contribution in [3.05, 3.63) is 46.2 Å². The maximum atomic E-state index is 12.8. The SMILES string of the molecule is COc1cccc(-n2nnc(C(=O)Nc3nc4c(s3)CCCCCC4)c2C)c1. The number of carbonyl (C=O) groups excluding carboxylic acids is 1. The number of thiazole rings is 1. The Morgan fingerprint density at radius 3 is 2.86 bits per heavy atom. The van der Waals surface area contributed by atoms with E-state index in [0.717, 1.165) is 36.4 Å². The molecule has 2 aromatic heterocycles. The summed E-state index contributed by atoms with van der Waals surface area (Å²) in [6, 6.07) is 7.48. The third kappa shape index (κ3) is 3.77. The van der Waals surface area contributed by atoms with Crippen LogP contribution in [-0.4, -0.2) is 33.0 Å². The van der Waals surface area contributed by atoms with Crippen molar-refractivity contribution in [2.75, 3.05) is 12.4 Å². The lowest BCUT2D eigenvalue weighted by atomic mass is 10.0. The number of anilines is 1. The molecule has 0 aliphatic heterocycles. The molecular formula is C20H23N5O2S. The normalized spacial score (nSPS) is 14.1. The fourth-order valence-corrected chi connectivity index (χ4v) is 4.49. The van der Waals surface area contributed by atoms with Crippen LogP contribution < -0.4 is 10.1 Å². The molecule has 3 aromatic rings. The van der Waals surface area contributed by atoms with Gasteiger partial charge in [0.15, 0.2) is 10.8 Å². The van der Waals surface area contributed by atoms with Gasteiger partial charge in [0.05, 0.1) is 24.2 Å². The molecule has 0 spiro atoms. The largest absolute Gasteiger partial charge is 0.497 e. The molecule has 28 heavy (non-hydrogen) atoms. The molecule has 0 radical (unpaired) electrons. The summed E-state index contributed by atoms with van der Waals surface area (Å²) in [7, 11) is 1.61. The van der Waals surface area contributed by atoms with E-state index < -0.39 is 0 Å². The number of methoxy groups -OCH3 is 1. The quantitative estimate of drug-likeness (QED) is 0.721. The molecular weight excluding hydrogens is 374 g/mol. The number of aryl methyl sites for hydroxylation is 2. The molecule has 0 saturated carbocycles. The Hall–Kier alpha value is -2.74. The average Bonchev–Trinajstić information content (AvgIpc) is 3.24. The van der Waals surface area contributed by atoms with Gasteiger partial charge in [-0.3, -0.25) is 10.1 Å². The van der Waals surface area contributed by atoms with Gasteiger partial charge in [-0.2, -0.15) is 0 Å². The van der Waals surface area contributed by atoms with E-state index >= 15 is 0 Å². The van der Waals surface area contributed by atoms with E-state index in [2.05, 4.69) is 20.6 Å². The number of amides is 1. The minimum absolute atomic E-state index is 0.284. The Balaban J connectivity index is 1.54. The Kier molecular flexibility index (Phi) is 5.38.